The van der Waals surface area contributed by atoms with Crippen molar-refractivity contribution < 1.29 is 14.4 Å². The quantitative estimate of drug-likeness (QED) is 0.813. The molecule has 3 heterocycles. The fourth-order valence-electron chi connectivity index (χ4n) is 4.91. The summed E-state index contributed by atoms with van der Waals surface area (Å²) in [4.78, 5) is 45.7. The number of carbonyl (C=O) groups is 3. The van der Waals surface area contributed by atoms with Gasteiger partial charge >= 0.3 is 0 Å². The fourth-order valence-corrected chi connectivity index (χ4v) is 4.91. The molecule has 1 saturated carbocycles. The molecule has 0 spiro atoms. The van der Waals surface area contributed by atoms with E-state index < -0.39 is 0 Å². The number of nitrogens with two attached hydrogens (primary N) is 1. The molecule has 3 aliphatic rings. The zero-order chi connectivity index (χ0) is 19.8. The van der Waals surface area contributed by atoms with Gasteiger partial charge in [-0.15, -0.1) is 0 Å². The van der Waals surface area contributed by atoms with Crippen molar-refractivity contribution in [2.24, 2.45) is 24.6 Å². The van der Waals surface area contributed by atoms with Crippen LogP contribution < -0.4 is 5.73 Å². The zero-order valence-corrected chi connectivity index (χ0v) is 16.4. The molecule has 1 aromatic heterocycles. The summed E-state index contributed by atoms with van der Waals surface area (Å²) in [5, 5.41) is 0. The normalized spacial score (nSPS) is 28.5. The van der Waals surface area contributed by atoms with Crippen molar-refractivity contribution in [3.63, 3.8) is 0 Å². The monoisotopic (exact) mass is 387 g/mol. The Balaban J connectivity index is 1.59. The first-order valence-corrected chi connectivity index (χ1v) is 10.3. The van der Waals surface area contributed by atoms with Crippen LogP contribution in [-0.4, -0.2) is 56.2 Å². The van der Waals surface area contributed by atoms with Crippen LogP contribution in [0, 0.1) is 11.8 Å². The lowest BCUT2D eigenvalue weighted by atomic mass is 9.84. The average Bonchev–Trinajstić information content (AvgIpc) is 3.41. The first kappa shape index (κ1) is 19.0. The summed E-state index contributed by atoms with van der Waals surface area (Å²) in [7, 11) is 1.91. The van der Waals surface area contributed by atoms with Gasteiger partial charge in [-0.25, -0.2) is 4.98 Å². The highest BCUT2D eigenvalue weighted by Gasteiger charge is 2.48. The first-order valence-electron chi connectivity index (χ1n) is 10.3. The third-order valence-corrected chi connectivity index (χ3v) is 6.37. The van der Waals surface area contributed by atoms with Crippen molar-refractivity contribution in [2.75, 3.05) is 13.1 Å². The number of likely N-dealkylation sites (tertiary alicyclic amines) is 2. The van der Waals surface area contributed by atoms with Crippen LogP contribution in [0.1, 0.15) is 56.7 Å². The van der Waals surface area contributed by atoms with Gasteiger partial charge in [-0.05, 0) is 38.0 Å². The molecule has 1 aliphatic carbocycles. The Labute approximate surface area is 165 Å². The summed E-state index contributed by atoms with van der Waals surface area (Å²) in [6.45, 7) is 1.29. The lowest BCUT2D eigenvalue weighted by molar-refractivity contribution is -0.150. The molecule has 152 valence electrons. The Morgan fingerprint density at radius 3 is 2.68 bits per heavy atom. The van der Waals surface area contributed by atoms with Crippen molar-refractivity contribution in [3.05, 3.63) is 18.2 Å². The Morgan fingerprint density at radius 1 is 1.25 bits per heavy atom. The Kier molecular flexibility index (Phi) is 5.12. The van der Waals surface area contributed by atoms with Crippen LogP contribution in [0.5, 0.6) is 0 Å². The minimum Gasteiger partial charge on any atom is -0.370 e. The van der Waals surface area contributed by atoms with E-state index in [0.717, 1.165) is 31.4 Å². The predicted octanol–water partition coefficient (Wildman–Crippen LogP) is 0.976. The van der Waals surface area contributed by atoms with Crippen molar-refractivity contribution in [3.8, 4) is 0 Å². The van der Waals surface area contributed by atoms with Crippen molar-refractivity contribution in [2.45, 2.75) is 57.0 Å². The number of imidazole rings is 1. The number of aryl methyl sites for hydroxylation is 1. The molecule has 1 unspecified atom stereocenters. The van der Waals surface area contributed by atoms with Crippen LogP contribution in [-0.2, 0) is 21.4 Å². The molecule has 2 aliphatic heterocycles. The number of hydrogen-bond donors (Lipinski definition) is 1. The number of carbonyl (C=O) groups excluding carboxylic acids is 3. The molecule has 3 amide bonds. The molecule has 8 nitrogen and oxygen atoms in total. The molecule has 0 bridgehead atoms. The van der Waals surface area contributed by atoms with Gasteiger partial charge < -0.3 is 20.1 Å². The van der Waals surface area contributed by atoms with E-state index in [9.17, 15) is 14.4 Å². The number of aromatic nitrogens is 2. The predicted molar refractivity (Wildman–Crippen MR) is 102 cm³/mol. The summed E-state index contributed by atoms with van der Waals surface area (Å²) in [6.07, 6.45) is 8.64. The SMILES string of the molecule is Cn1cncc1[C@@H]1[C@@H](C(=O)N2CCCC(CC(N)=O)C2)CCC(=O)N1C1CC1. The van der Waals surface area contributed by atoms with Crippen molar-refractivity contribution in [1.29, 1.82) is 0 Å². The maximum absolute atomic E-state index is 13.5. The van der Waals surface area contributed by atoms with Gasteiger partial charge in [-0.3, -0.25) is 14.4 Å². The van der Waals surface area contributed by atoms with Gasteiger partial charge in [-0.1, -0.05) is 0 Å². The number of amides is 3. The third-order valence-electron chi connectivity index (χ3n) is 6.37. The summed E-state index contributed by atoms with van der Waals surface area (Å²) in [5.74, 6) is -0.201. The Hall–Kier alpha value is -2.38. The summed E-state index contributed by atoms with van der Waals surface area (Å²) >= 11 is 0. The molecule has 2 saturated heterocycles. The van der Waals surface area contributed by atoms with E-state index in [1.807, 2.05) is 21.4 Å². The molecular formula is C20H29N5O3. The van der Waals surface area contributed by atoms with Gasteiger partial charge in [0.2, 0.25) is 17.7 Å². The molecule has 3 atom stereocenters. The number of hydrogen-bond acceptors (Lipinski definition) is 4. The highest BCUT2D eigenvalue weighted by molar-refractivity contribution is 5.85. The van der Waals surface area contributed by atoms with Gasteiger partial charge in [0.1, 0.15) is 0 Å². The Morgan fingerprint density at radius 2 is 2.04 bits per heavy atom. The lowest BCUT2D eigenvalue weighted by Crippen LogP contribution is -2.52. The molecular weight excluding hydrogens is 358 g/mol. The summed E-state index contributed by atoms with van der Waals surface area (Å²) in [5.41, 5.74) is 6.29. The molecule has 0 radical (unpaired) electrons. The molecule has 28 heavy (non-hydrogen) atoms. The minimum absolute atomic E-state index is 0.0959. The van der Waals surface area contributed by atoms with Crippen molar-refractivity contribution in [1.82, 2.24) is 19.4 Å². The van der Waals surface area contributed by atoms with Gasteiger partial charge in [-0.2, -0.15) is 0 Å². The van der Waals surface area contributed by atoms with Crippen LogP contribution in [0.3, 0.4) is 0 Å². The first-order chi connectivity index (χ1) is 13.5. The van der Waals surface area contributed by atoms with Crippen LogP contribution in [0.4, 0.5) is 0 Å². The maximum atomic E-state index is 13.5. The molecule has 3 fully saturated rings. The highest BCUT2D eigenvalue weighted by Crippen LogP contribution is 2.44. The smallest absolute Gasteiger partial charge is 0.228 e. The lowest BCUT2D eigenvalue weighted by Gasteiger charge is -2.43. The Bertz CT molecular complexity index is 772. The van der Waals surface area contributed by atoms with Gasteiger partial charge in [0, 0.05) is 39.0 Å². The number of nitrogens with zero attached hydrogens (tertiary/aromatic N) is 4. The van der Waals surface area contributed by atoms with Crippen LogP contribution in [0.2, 0.25) is 0 Å². The number of piperidine rings is 2. The van der Waals surface area contributed by atoms with Gasteiger partial charge in [0.25, 0.3) is 0 Å². The molecule has 1 aromatic rings. The van der Waals surface area contributed by atoms with E-state index in [0.29, 0.717) is 32.4 Å². The van der Waals surface area contributed by atoms with E-state index in [1.54, 1.807) is 12.5 Å². The zero-order valence-electron chi connectivity index (χ0n) is 16.4. The van der Waals surface area contributed by atoms with Crippen LogP contribution in [0.15, 0.2) is 12.5 Å². The third kappa shape index (κ3) is 3.64. The molecule has 0 aromatic carbocycles. The van der Waals surface area contributed by atoms with Gasteiger partial charge in [0.15, 0.2) is 0 Å². The van der Waals surface area contributed by atoms with Crippen molar-refractivity contribution >= 4 is 17.7 Å². The van der Waals surface area contributed by atoms with E-state index in [-0.39, 0.29) is 41.6 Å². The number of primary amides is 1. The standard InChI is InChI=1S/C20H29N5O3/c1-23-12-22-10-16(23)19-15(6-7-18(27)25(19)14-4-5-14)20(28)24-8-2-3-13(11-24)9-17(21)26/h10,12-15,19H,2-9,11H2,1H3,(H2,21,26)/t13?,15-,19-/m0/s1. The minimum atomic E-state index is -0.310. The maximum Gasteiger partial charge on any atom is 0.228 e. The average molecular weight is 387 g/mol. The van der Waals surface area contributed by atoms with Crippen LogP contribution >= 0.6 is 0 Å². The summed E-state index contributed by atoms with van der Waals surface area (Å²) in [6, 6.07) is -0.0165. The second-order valence-electron chi connectivity index (χ2n) is 8.51. The fraction of sp³-hybridized carbons (Fsp3) is 0.700. The molecule has 4 rings (SSSR count). The van der Waals surface area contributed by atoms with Crippen LogP contribution in [0.25, 0.3) is 0 Å². The van der Waals surface area contributed by atoms with Gasteiger partial charge in [0.05, 0.1) is 30.2 Å². The molecule has 2 N–H and O–H groups in total. The topological polar surface area (TPSA) is 102 Å². The van der Waals surface area contributed by atoms with E-state index >= 15 is 0 Å². The van der Waals surface area contributed by atoms with E-state index in [4.69, 9.17) is 5.73 Å². The second-order valence-corrected chi connectivity index (χ2v) is 8.51. The highest BCUT2D eigenvalue weighted by atomic mass is 16.2. The second kappa shape index (κ2) is 7.56. The van der Waals surface area contributed by atoms with E-state index in [2.05, 4.69) is 4.98 Å². The van der Waals surface area contributed by atoms with E-state index in [1.165, 1.54) is 0 Å². The summed E-state index contributed by atoms with van der Waals surface area (Å²) < 4.78 is 1.92. The molecule has 8 heteroatoms. The largest absolute Gasteiger partial charge is 0.370 e. The number of rotatable bonds is 5.